The molecule has 0 aliphatic heterocycles. The molecule has 5 heteroatoms. The number of para-hydroxylation sites is 1. The summed E-state index contributed by atoms with van der Waals surface area (Å²) in [6.45, 7) is 0.476. The molecule has 0 saturated carbocycles. The predicted octanol–water partition coefficient (Wildman–Crippen LogP) is 5.08. The maximum atomic E-state index is 5.99. The van der Waals surface area contributed by atoms with Crippen molar-refractivity contribution in [2.45, 2.75) is 6.61 Å². The Morgan fingerprint density at radius 3 is 2.46 bits per heavy atom. The van der Waals surface area contributed by atoms with Crippen LogP contribution in [-0.4, -0.2) is 14.8 Å². The zero-order valence-corrected chi connectivity index (χ0v) is 14.8. The van der Waals surface area contributed by atoms with Gasteiger partial charge in [0.1, 0.15) is 6.61 Å². The van der Waals surface area contributed by atoms with E-state index >= 15 is 0 Å². The van der Waals surface area contributed by atoms with Crippen LogP contribution in [0.4, 0.5) is 0 Å². The first-order chi connectivity index (χ1) is 12.9. The molecule has 4 rings (SSSR count). The lowest BCUT2D eigenvalue weighted by molar-refractivity contribution is 0.291. The second kappa shape index (κ2) is 7.80. The third kappa shape index (κ3) is 3.90. The van der Waals surface area contributed by atoms with Gasteiger partial charge >= 0.3 is 0 Å². The molecular weight excluding hydrogens is 342 g/mol. The number of rotatable bonds is 6. The summed E-state index contributed by atoms with van der Waals surface area (Å²) in [5, 5.41) is 6.62. The smallest absolute Gasteiger partial charge is 0.240 e. The Kier molecular flexibility index (Phi) is 4.89. The molecule has 0 saturated heterocycles. The number of hydrogen-bond acceptors (Lipinski definition) is 4. The average molecular weight is 359 g/mol. The van der Waals surface area contributed by atoms with Gasteiger partial charge in [0.2, 0.25) is 5.88 Å². The first-order valence-corrected chi connectivity index (χ1v) is 9.21. The van der Waals surface area contributed by atoms with Gasteiger partial charge in [-0.25, -0.2) is 9.67 Å². The van der Waals surface area contributed by atoms with Crippen molar-refractivity contribution in [3.05, 3.63) is 94.6 Å². The van der Waals surface area contributed by atoms with Crippen LogP contribution in [0.15, 0.2) is 77.8 Å². The fourth-order valence-corrected chi connectivity index (χ4v) is 3.04. The van der Waals surface area contributed by atoms with E-state index in [1.807, 2.05) is 94.6 Å². The third-order valence-corrected chi connectivity index (χ3v) is 4.44. The molecule has 4 nitrogen and oxygen atoms in total. The van der Waals surface area contributed by atoms with Gasteiger partial charge in [-0.05, 0) is 29.8 Å². The molecule has 0 unspecified atom stereocenters. The van der Waals surface area contributed by atoms with E-state index in [4.69, 9.17) is 4.74 Å². The van der Waals surface area contributed by atoms with Crippen LogP contribution in [0.1, 0.15) is 16.8 Å². The van der Waals surface area contributed by atoms with E-state index < -0.39 is 0 Å². The number of aromatic nitrogens is 3. The Morgan fingerprint density at radius 2 is 1.73 bits per heavy atom. The predicted molar refractivity (Wildman–Crippen MR) is 105 cm³/mol. The molecule has 0 N–H and O–H groups in total. The topological polar surface area (TPSA) is 39.9 Å². The zero-order chi connectivity index (χ0) is 17.6. The van der Waals surface area contributed by atoms with Gasteiger partial charge in [-0.2, -0.15) is 0 Å². The van der Waals surface area contributed by atoms with Gasteiger partial charge in [0.05, 0.1) is 22.5 Å². The van der Waals surface area contributed by atoms with Crippen molar-refractivity contribution < 1.29 is 4.74 Å². The number of nitrogens with zero attached hydrogens (tertiary/aromatic N) is 3. The molecule has 0 spiro atoms. The van der Waals surface area contributed by atoms with Gasteiger partial charge in [-0.3, -0.25) is 0 Å². The Morgan fingerprint density at radius 1 is 0.962 bits per heavy atom. The molecule has 0 atom stereocenters. The van der Waals surface area contributed by atoms with E-state index in [9.17, 15) is 0 Å². The number of ether oxygens (including phenoxy) is 1. The first-order valence-electron chi connectivity index (χ1n) is 8.26. The molecule has 128 valence electrons. The van der Waals surface area contributed by atoms with Gasteiger partial charge in [-0.15, -0.1) is 16.4 Å². The summed E-state index contributed by atoms with van der Waals surface area (Å²) in [6, 6.07) is 20.1. The molecule has 0 fully saturated rings. The van der Waals surface area contributed by atoms with Crippen LogP contribution in [-0.2, 0) is 6.61 Å². The maximum Gasteiger partial charge on any atom is 0.240 e. The second-order valence-corrected chi connectivity index (χ2v) is 6.41. The van der Waals surface area contributed by atoms with Crippen LogP contribution < -0.4 is 4.74 Å². The first kappa shape index (κ1) is 16.3. The Balaban J connectivity index is 1.62. The fourth-order valence-electron chi connectivity index (χ4n) is 2.52. The largest absolute Gasteiger partial charge is 0.471 e. The number of hydrogen-bond donors (Lipinski definition) is 0. The molecule has 2 heterocycles. The molecule has 0 amide bonds. The lowest BCUT2D eigenvalue weighted by atomic mass is 10.2. The lowest BCUT2D eigenvalue weighted by Crippen LogP contribution is -1.98. The van der Waals surface area contributed by atoms with Crippen molar-refractivity contribution in [1.82, 2.24) is 14.8 Å². The minimum absolute atomic E-state index is 0.476. The molecule has 2 aromatic heterocycles. The summed E-state index contributed by atoms with van der Waals surface area (Å²) in [7, 11) is 0. The quantitative estimate of drug-likeness (QED) is 0.482. The standard InChI is InChI=1S/C21H17N3OS/c1-3-7-17(8-4-1)14-25-21-18(11-12-19-15-26-16-22-19)13-24(23-21)20-9-5-2-6-10-20/h1-13,15-16H,14H2/b12-11+. The van der Waals surface area contributed by atoms with Crippen LogP contribution in [0.3, 0.4) is 0 Å². The van der Waals surface area contributed by atoms with Gasteiger partial charge in [-0.1, -0.05) is 48.5 Å². The summed E-state index contributed by atoms with van der Waals surface area (Å²) in [4.78, 5) is 4.28. The summed E-state index contributed by atoms with van der Waals surface area (Å²) < 4.78 is 7.83. The average Bonchev–Trinajstić information content (AvgIpc) is 3.36. The molecule has 4 aromatic rings. The van der Waals surface area contributed by atoms with Gasteiger partial charge in [0.15, 0.2) is 0 Å². The summed E-state index contributed by atoms with van der Waals surface area (Å²) in [6.07, 6.45) is 5.93. The SMILES string of the molecule is C(=C\c1cn(-c2ccccc2)nc1OCc1ccccc1)/c1cscn1. The zero-order valence-electron chi connectivity index (χ0n) is 14.0. The molecule has 0 aliphatic rings. The summed E-state index contributed by atoms with van der Waals surface area (Å²) in [5.74, 6) is 0.601. The minimum atomic E-state index is 0.476. The van der Waals surface area contributed by atoms with E-state index in [1.165, 1.54) is 0 Å². The second-order valence-electron chi connectivity index (χ2n) is 5.69. The molecule has 0 aliphatic carbocycles. The van der Waals surface area contributed by atoms with Crippen LogP contribution in [0.5, 0.6) is 5.88 Å². The van der Waals surface area contributed by atoms with Gasteiger partial charge < -0.3 is 4.74 Å². The van der Waals surface area contributed by atoms with Crippen molar-refractivity contribution in [2.75, 3.05) is 0 Å². The number of benzene rings is 2. The summed E-state index contributed by atoms with van der Waals surface area (Å²) in [5.41, 5.74) is 5.76. The minimum Gasteiger partial charge on any atom is -0.471 e. The fraction of sp³-hybridized carbons (Fsp3) is 0.0476. The van der Waals surface area contributed by atoms with E-state index in [2.05, 4.69) is 10.1 Å². The van der Waals surface area contributed by atoms with Gasteiger partial charge in [0, 0.05) is 11.6 Å². The highest BCUT2D eigenvalue weighted by atomic mass is 32.1. The maximum absolute atomic E-state index is 5.99. The Hall–Kier alpha value is -3.18. The summed E-state index contributed by atoms with van der Waals surface area (Å²) >= 11 is 1.57. The normalized spacial score (nSPS) is 11.1. The third-order valence-electron chi connectivity index (χ3n) is 3.83. The highest BCUT2D eigenvalue weighted by Crippen LogP contribution is 2.22. The molecule has 0 bridgehead atoms. The molecular formula is C21H17N3OS. The molecule has 0 radical (unpaired) electrons. The van der Waals surface area contributed by atoms with E-state index in [1.54, 1.807) is 11.3 Å². The van der Waals surface area contributed by atoms with Crippen LogP contribution in [0.2, 0.25) is 0 Å². The Labute approximate surface area is 156 Å². The van der Waals surface area contributed by atoms with E-state index in [0.29, 0.717) is 12.5 Å². The van der Waals surface area contributed by atoms with E-state index in [-0.39, 0.29) is 0 Å². The number of thiazole rings is 1. The van der Waals surface area contributed by atoms with Crippen LogP contribution in [0.25, 0.3) is 17.8 Å². The lowest BCUT2D eigenvalue weighted by Gasteiger charge is -2.04. The van der Waals surface area contributed by atoms with Gasteiger partial charge in [0.25, 0.3) is 0 Å². The van der Waals surface area contributed by atoms with Crippen molar-refractivity contribution in [3.8, 4) is 11.6 Å². The van der Waals surface area contributed by atoms with Crippen molar-refractivity contribution in [2.24, 2.45) is 0 Å². The molecule has 26 heavy (non-hydrogen) atoms. The Bertz CT molecular complexity index is 977. The monoisotopic (exact) mass is 359 g/mol. The van der Waals surface area contributed by atoms with E-state index in [0.717, 1.165) is 22.5 Å². The van der Waals surface area contributed by atoms with Crippen molar-refractivity contribution in [1.29, 1.82) is 0 Å². The van der Waals surface area contributed by atoms with Crippen LogP contribution >= 0.6 is 11.3 Å². The van der Waals surface area contributed by atoms with Crippen LogP contribution in [0, 0.1) is 0 Å². The highest BCUT2D eigenvalue weighted by molar-refractivity contribution is 7.07. The highest BCUT2D eigenvalue weighted by Gasteiger charge is 2.10. The molecule has 2 aromatic carbocycles. The van der Waals surface area contributed by atoms with Crippen molar-refractivity contribution in [3.63, 3.8) is 0 Å². The van der Waals surface area contributed by atoms with Crippen molar-refractivity contribution >= 4 is 23.5 Å².